The molecule has 0 aromatic heterocycles. The highest BCUT2D eigenvalue weighted by molar-refractivity contribution is 5.90. The first-order valence-corrected chi connectivity index (χ1v) is 6.69. The van der Waals surface area contributed by atoms with Crippen molar-refractivity contribution in [2.75, 3.05) is 13.2 Å². The summed E-state index contributed by atoms with van der Waals surface area (Å²) in [6.07, 6.45) is 1.32. The van der Waals surface area contributed by atoms with Crippen LogP contribution in [0.5, 0.6) is 0 Å². The van der Waals surface area contributed by atoms with Gasteiger partial charge in [-0.3, -0.25) is 0 Å². The number of hydrogen-bond acceptors (Lipinski definition) is 4. The van der Waals surface area contributed by atoms with E-state index in [0.717, 1.165) is 6.42 Å². The number of nitrogens with two attached hydrogens (primary N) is 1. The lowest BCUT2D eigenvalue weighted by Gasteiger charge is -2.15. The Morgan fingerprint density at radius 3 is 2.44 bits per heavy atom. The zero-order valence-electron chi connectivity index (χ0n) is 11.9. The van der Waals surface area contributed by atoms with E-state index in [1.165, 1.54) is 0 Å². The number of carbonyl (C=O) groups is 1. The van der Waals surface area contributed by atoms with Crippen molar-refractivity contribution < 1.29 is 14.3 Å². The fraction of sp³-hybridized carbons (Fsp3) is 0.786. The molecule has 0 bridgehead atoms. The molecule has 4 heteroatoms. The monoisotopic (exact) mass is 255 g/mol. The van der Waals surface area contributed by atoms with Crippen LogP contribution in [0.15, 0.2) is 11.3 Å². The fourth-order valence-electron chi connectivity index (χ4n) is 1.80. The molecule has 2 N–H and O–H groups in total. The highest BCUT2D eigenvalue weighted by atomic mass is 16.5. The minimum Gasteiger partial charge on any atom is -0.462 e. The molecule has 0 aromatic carbocycles. The molecule has 0 radical (unpaired) electrons. The predicted molar refractivity (Wildman–Crippen MR) is 70.8 cm³/mol. The van der Waals surface area contributed by atoms with Gasteiger partial charge in [0.25, 0.3) is 0 Å². The van der Waals surface area contributed by atoms with Gasteiger partial charge >= 0.3 is 5.97 Å². The van der Waals surface area contributed by atoms with Crippen molar-refractivity contribution in [2.24, 2.45) is 17.6 Å². The van der Waals surface area contributed by atoms with Crippen LogP contribution in [0.2, 0.25) is 0 Å². The molecule has 1 rings (SSSR count). The Morgan fingerprint density at radius 1 is 1.28 bits per heavy atom. The van der Waals surface area contributed by atoms with Crippen LogP contribution >= 0.6 is 0 Å². The molecule has 0 fully saturated rings. The summed E-state index contributed by atoms with van der Waals surface area (Å²) in [5.41, 5.74) is 7.13. The van der Waals surface area contributed by atoms with Gasteiger partial charge in [0.2, 0.25) is 0 Å². The minimum atomic E-state index is -0.281. The molecule has 104 valence electrons. The molecule has 1 atom stereocenters. The molecule has 0 aromatic rings. The number of ether oxygens (including phenoxy) is 2. The lowest BCUT2D eigenvalue weighted by atomic mass is 10.2. The standard InChI is InChI=1S/C14H25NO3/c1-9(2)7-17-12-6-5-11(13(12)15)14(16)18-8-10(3)4/h9-10,12H,5-8,15H2,1-4H3. The van der Waals surface area contributed by atoms with E-state index in [-0.39, 0.29) is 12.1 Å². The molecule has 1 aliphatic carbocycles. The largest absolute Gasteiger partial charge is 0.462 e. The zero-order chi connectivity index (χ0) is 13.7. The van der Waals surface area contributed by atoms with Gasteiger partial charge in [-0.05, 0) is 24.7 Å². The van der Waals surface area contributed by atoms with Crippen molar-refractivity contribution in [3.8, 4) is 0 Å². The third-order valence-electron chi connectivity index (χ3n) is 2.78. The lowest BCUT2D eigenvalue weighted by molar-refractivity contribution is -0.140. The van der Waals surface area contributed by atoms with Crippen LogP contribution in [0, 0.1) is 11.8 Å². The highest BCUT2D eigenvalue weighted by Crippen LogP contribution is 2.27. The quantitative estimate of drug-likeness (QED) is 0.739. The Kier molecular flexibility index (Phi) is 5.66. The van der Waals surface area contributed by atoms with Crippen molar-refractivity contribution in [3.63, 3.8) is 0 Å². The van der Waals surface area contributed by atoms with Crippen LogP contribution in [-0.2, 0) is 14.3 Å². The minimum absolute atomic E-state index is 0.117. The van der Waals surface area contributed by atoms with Crippen molar-refractivity contribution >= 4 is 5.97 Å². The summed E-state index contributed by atoms with van der Waals surface area (Å²) in [6, 6.07) is 0. The maximum absolute atomic E-state index is 11.8. The molecule has 0 heterocycles. The Hall–Kier alpha value is -1.03. The van der Waals surface area contributed by atoms with Gasteiger partial charge in [-0.25, -0.2) is 4.79 Å². The van der Waals surface area contributed by atoms with Crippen LogP contribution in [0.25, 0.3) is 0 Å². The third-order valence-corrected chi connectivity index (χ3v) is 2.78. The van der Waals surface area contributed by atoms with Gasteiger partial charge in [-0.2, -0.15) is 0 Å². The van der Waals surface area contributed by atoms with Gasteiger partial charge in [0, 0.05) is 12.3 Å². The van der Waals surface area contributed by atoms with E-state index in [2.05, 4.69) is 13.8 Å². The van der Waals surface area contributed by atoms with E-state index in [4.69, 9.17) is 15.2 Å². The normalized spacial score (nSPS) is 20.0. The molecule has 0 aliphatic heterocycles. The second kappa shape index (κ2) is 6.78. The zero-order valence-corrected chi connectivity index (χ0v) is 11.9. The second-order valence-electron chi connectivity index (χ2n) is 5.68. The Balaban J connectivity index is 2.52. The third kappa shape index (κ3) is 4.33. The average molecular weight is 255 g/mol. The first-order chi connectivity index (χ1) is 8.41. The van der Waals surface area contributed by atoms with Crippen LogP contribution in [-0.4, -0.2) is 25.3 Å². The van der Waals surface area contributed by atoms with Crippen LogP contribution in [0.4, 0.5) is 0 Å². The van der Waals surface area contributed by atoms with E-state index < -0.39 is 0 Å². The summed E-state index contributed by atoms with van der Waals surface area (Å²) in [4.78, 5) is 11.8. The second-order valence-corrected chi connectivity index (χ2v) is 5.68. The van der Waals surface area contributed by atoms with Crippen molar-refractivity contribution in [2.45, 2.75) is 46.6 Å². The first-order valence-electron chi connectivity index (χ1n) is 6.69. The molecule has 1 unspecified atom stereocenters. The van der Waals surface area contributed by atoms with E-state index in [0.29, 0.717) is 42.7 Å². The number of carbonyl (C=O) groups excluding carboxylic acids is 1. The molecule has 18 heavy (non-hydrogen) atoms. The maximum Gasteiger partial charge on any atom is 0.335 e. The number of esters is 1. The summed E-state index contributed by atoms with van der Waals surface area (Å²) >= 11 is 0. The van der Waals surface area contributed by atoms with E-state index in [1.807, 2.05) is 13.8 Å². The molecule has 4 nitrogen and oxygen atoms in total. The number of hydrogen-bond donors (Lipinski definition) is 1. The van der Waals surface area contributed by atoms with Crippen molar-refractivity contribution in [1.29, 1.82) is 0 Å². The molecule has 0 spiro atoms. The molecule has 0 amide bonds. The lowest BCUT2D eigenvalue weighted by Crippen LogP contribution is -2.22. The van der Waals surface area contributed by atoms with Gasteiger partial charge in [0.1, 0.15) is 0 Å². The van der Waals surface area contributed by atoms with Gasteiger partial charge in [-0.1, -0.05) is 27.7 Å². The molecular weight excluding hydrogens is 230 g/mol. The topological polar surface area (TPSA) is 61.5 Å². The molecular formula is C14H25NO3. The molecule has 0 saturated carbocycles. The summed E-state index contributed by atoms with van der Waals surface area (Å²) in [7, 11) is 0. The summed E-state index contributed by atoms with van der Waals surface area (Å²) in [5, 5.41) is 0. The molecule has 0 saturated heterocycles. The average Bonchev–Trinajstić information content (AvgIpc) is 2.65. The maximum atomic E-state index is 11.8. The summed E-state index contributed by atoms with van der Waals surface area (Å²) in [5.74, 6) is 0.525. The van der Waals surface area contributed by atoms with Gasteiger partial charge in [-0.15, -0.1) is 0 Å². The predicted octanol–water partition coefficient (Wildman–Crippen LogP) is 2.23. The number of rotatable bonds is 6. The Morgan fingerprint density at radius 2 is 1.89 bits per heavy atom. The molecule has 1 aliphatic rings. The van der Waals surface area contributed by atoms with E-state index in [1.54, 1.807) is 0 Å². The van der Waals surface area contributed by atoms with Gasteiger partial charge < -0.3 is 15.2 Å². The fourth-order valence-corrected chi connectivity index (χ4v) is 1.80. The van der Waals surface area contributed by atoms with Crippen molar-refractivity contribution in [1.82, 2.24) is 0 Å². The van der Waals surface area contributed by atoms with Crippen LogP contribution in [0.1, 0.15) is 40.5 Å². The smallest absolute Gasteiger partial charge is 0.335 e. The van der Waals surface area contributed by atoms with Gasteiger partial charge in [0.15, 0.2) is 0 Å². The highest BCUT2D eigenvalue weighted by Gasteiger charge is 2.29. The Labute approximate surface area is 110 Å². The Bertz CT molecular complexity index is 321. The SMILES string of the molecule is CC(C)COC(=O)C1=C(N)C(OCC(C)C)CC1. The first kappa shape index (κ1) is 15.0. The van der Waals surface area contributed by atoms with Crippen molar-refractivity contribution in [3.05, 3.63) is 11.3 Å². The van der Waals surface area contributed by atoms with Gasteiger partial charge in [0.05, 0.1) is 18.3 Å². The summed E-state index contributed by atoms with van der Waals surface area (Å²) < 4.78 is 10.9. The van der Waals surface area contributed by atoms with Crippen LogP contribution < -0.4 is 5.73 Å². The van der Waals surface area contributed by atoms with Crippen LogP contribution in [0.3, 0.4) is 0 Å². The van der Waals surface area contributed by atoms with E-state index >= 15 is 0 Å². The summed E-state index contributed by atoms with van der Waals surface area (Å²) in [6.45, 7) is 9.30. The van der Waals surface area contributed by atoms with E-state index in [9.17, 15) is 4.79 Å².